The van der Waals surface area contributed by atoms with Gasteiger partial charge in [-0.3, -0.25) is 4.90 Å². The van der Waals surface area contributed by atoms with Gasteiger partial charge in [0.05, 0.1) is 0 Å². The molecule has 2 atom stereocenters. The molecule has 2 unspecified atom stereocenters. The maximum absolute atomic E-state index is 3.26. The molecule has 0 saturated heterocycles. The molecule has 0 aliphatic heterocycles. The van der Waals surface area contributed by atoms with Crippen molar-refractivity contribution >= 4 is 0 Å². The van der Waals surface area contributed by atoms with E-state index >= 15 is 0 Å². The first-order valence-corrected chi connectivity index (χ1v) is 17.6. The van der Waals surface area contributed by atoms with Crippen LogP contribution in [0.25, 0.3) is 0 Å². The lowest BCUT2D eigenvalue weighted by Gasteiger charge is -2.45. The van der Waals surface area contributed by atoms with Crippen LogP contribution in [0.15, 0.2) is 0 Å². The third kappa shape index (κ3) is 9.53. The second-order valence-electron chi connectivity index (χ2n) is 15.3. The van der Waals surface area contributed by atoms with Gasteiger partial charge in [0.25, 0.3) is 0 Å². The van der Waals surface area contributed by atoms with Gasteiger partial charge >= 0.3 is 0 Å². The Labute approximate surface area is 234 Å². The van der Waals surface area contributed by atoms with Crippen LogP contribution in [0.3, 0.4) is 0 Å². The van der Waals surface area contributed by atoms with Crippen LogP contribution in [-0.2, 0) is 0 Å². The van der Waals surface area contributed by atoms with Crippen molar-refractivity contribution in [1.82, 2.24) is 4.90 Å². The minimum atomic E-state index is 0.529. The zero-order valence-corrected chi connectivity index (χ0v) is 26.6. The summed E-state index contributed by atoms with van der Waals surface area (Å²) in [6, 6.07) is 2.62. The standard InChI is InChI=1S/C36H69N/c1-7-35(3,4)30-20-13-16-26-33(27-17-14-21-30)37(32-24-11-9-10-12-25-32)34-28-18-15-22-31(23-19-29-34)36(5,6)8-2/h30-34H,7-29H2,1-6H3. The van der Waals surface area contributed by atoms with Crippen LogP contribution in [0.1, 0.15) is 189 Å². The van der Waals surface area contributed by atoms with E-state index in [0.29, 0.717) is 10.8 Å². The van der Waals surface area contributed by atoms with Crippen LogP contribution in [0.5, 0.6) is 0 Å². The molecular weight excluding hydrogens is 446 g/mol. The molecule has 37 heavy (non-hydrogen) atoms. The smallest absolute Gasteiger partial charge is 0.0101 e. The molecule has 0 N–H and O–H groups in total. The Kier molecular flexibility index (Phi) is 13.3. The molecule has 0 heterocycles. The van der Waals surface area contributed by atoms with Gasteiger partial charge in [-0.1, -0.05) is 125 Å². The summed E-state index contributed by atoms with van der Waals surface area (Å²) in [5.74, 6) is 1.89. The minimum absolute atomic E-state index is 0.529. The van der Waals surface area contributed by atoms with Gasteiger partial charge in [-0.15, -0.1) is 0 Å². The molecule has 0 radical (unpaired) electrons. The Morgan fingerprint density at radius 2 is 0.676 bits per heavy atom. The molecule has 3 aliphatic rings. The fourth-order valence-electron chi connectivity index (χ4n) is 8.68. The summed E-state index contributed by atoms with van der Waals surface area (Å²) in [7, 11) is 0. The SMILES string of the molecule is CCC(C)(C)C1CCCCC(N(C2CCCCCC2)C2CCCCC(C(C)(C)CC)CCC2)CCCC1. The lowest BCUT2D eigenvalue weighted by molar-refractivity contribution is 0.0419. The van der Waals surface area contributed by atoms with Gasteiger partial charge in [-0.25, -0.2) is 0 Å². The molecule has 3 saturated carbocycles. The van der Waals surface area contributed by atoms with Crippen molar-refractivity contribution in [2.45, 2.75) is 207 Å². The molecule has 0 bridgehead atoms. The minimum Gasteiger partial charge on any atom is -0.294 e. The van der Waals surface area contributed by atoms with Gasteiger partial charge in [0.2, 0.25) is 0 Å². The maximum Gasteiger partial charge on any atom is 0.0101 e. The van der Waals surface area contributed by atoms with Gasteiger partial charge in [0.1, 0.15) is 0 Å². The average Bonchev–Trinajstić information content (AvgIpc) is 3.10. The van der Waals surface area contributed by atoms with E-state index < -0.39 is 0 Å². The molecule has 218 valence electrons. The Bertz CT molecular complexity index is 586. The lowest BCUT2D eigenvalue weighted by Crippen LogP contribution is -2.49. The largest absolute Gasteiger partial charge is 0.294 e. The lowest BCUT2D eigenvalue weighted by atomic mass is 9.71. The first-order chi connectivity index (χ1) is 17.8. The van der Waals surface area contributed by atoms with Crippen molar-refractivity contribution in [2.75, 3.05) is 0 Å². The molecule has 3 fully saturated rings. The summed E-state index contributed by atoms with van der Waals surface area (Å²) in [4.78, 5) is 3.26. The van der Waals surface area contributed by atoms with Gasteiger partial charge in [-0.05, 0) is 86.9 Å². The molecule has 0 aromatic rings. The normalized spacial score (nSPS) is 31.2. The fourth-order valence-corrected chi connectivity index (χ4v) is 8.68. The predicted octanol–water partition coefficient (Wildman–Crippen LogP) is 11.7. The van der Waals surface area contributed by atoms with Crippen LogP contribution in [0.4, 0.5) is 0 Å². The molecule has 3 rings (SSSR count). The number of hydrogen-bond acceptors (Lipinski definition) is 1. The van der Waals surface area contributed by atoms with Crippen LogP contribution in [-0.4, -0.2) is 23.0 Å². The molecule has 0 amide bonds. The fraction of sp³-hybridized carbons (Fsp3) is 1.00. The van der Waals surface area contributed by atoms with Crippen molar-refractivity contribution in [1.29, 1.82) is 0 Å². The number of rotatable bonds is 7. The predicted molar refractivity (Wildman–Crippen MR) is 165 cm³/mol. The Balaban J connectivity index is 1.72. The first kappa shape index (κ1) is 31.5. The van der Waals surface area contributed by atoms with Gasteiger partial charge < -0.3 is 0 Å². The highest BCUT2D eigenvalue weighted by Crippen LogP contribution is 2.42. The van der Waals surface area contributed by atoms with Crippen molar-refractivity contribution in [3.05, 3.63) is 0 Å². The van der Waals surface area contributed by atoms with E-state index in [1.54, 1.807) is 0 Å². The summed E-state index contributed by atoms with van der Waals surface area (Å²) in [6.07, 6.45) is 33.8. The van der Waals surface area contributed by atoms with Crippen LogP contribution >= 0.6 is 0 Å². The van der Waals surface area contributed by atoms with Gasteiger partial charge in [0.15, 0.2) is 0 Å². The molecule has 3 aliphatic carbocycles. The van der Waals surface area contributed by atoms with E-state index in [-0.39, 0.29) is 0 Å². The van der Waals surface area contributed by atoms with Crippen LogP contribution in [0.2, 0.25) is 0 Å². The molecule has 0 spiro atoms. The first-order valence-electron chi connectivity index (χ1n) is 17.6. The van der Waals surface area contributed by atoms with E-state index in [9.17, 15) is 0 Å². The summed E-state index contributed by atoms with van der Waals surface area (Å²) < 4.78 is 0. The number of nitrogens with zero attached hydrogens (tertiary/aromatic N) is 1. The van der Waals surface area contributed by atoms with E-state index in [4.69, 9.17) is 0 Å². The zero-order chi connectivity index (χ0) is 26.7. The third-order valence-corrected chi connectivity index (χ3v) is 12.2. The van der Waals surface area contributed by atoms with Crippen molar-refractivity contribution in [3.63, 3.8) is 0 Å². The Morgan fingerprint density at radius 1 is 0.405 bits per heavy atom. The second-order valence-corrected chi connectivity index (χ2v) is 15.3. The highest BCUT2D eigenvalue weighted by Gasteiger charge is 2.35. The average molecular weight is 516 g/mol. The van der Waals surface area contributed by atoms with Crippen molar-refractivity contribution < 1.29 is 0 Å². The van der Waals surface area contributed by atoms with Gasteiger partial charge in [0, 0.05) is 18.1 Å². The van der Waals surface area contributed by atoms with Crippen molar-refractivity contribution in [3.8, 4) is 0 Å². The zero-order valence-electron chi connectivity index (χ0n) is 26.6. The van der Waals surface area contributed by atoms with Crippen LogP contribution < -0.4 is 0 Å². The maximum atomic E-state index is 3.26. The van der Waals surface area contributed by atoms with E-state index in [0.717, 1.165) is 30.0 Å². The van der Waals surface area contributed by atoms with Crippen molar-refractivity contribution in [2.24, 2.45) is 22.7 Å². The summed E-state index contributed by atoms with van der Waals surface area (Å²) in [5, 5.41) is 0. The molecule has 0 aromatic heterocycles. The van der Waals surface area contributed by atoms with Crippen LogP contribution in [0, 0.1) is 22.7 Å². The molecular formula is C36H69N. The van der Waals surface area contributed by atoms with E-state index in [1.807, 2.05) is 0 Å². The monoisotopic (exact) mass is 516 g/mol. The van der Waals surface area contributed by atoms with E-state index in [1.165, 1.54) is 148 Å². The highest BCUT2D eigenvalue weighted by atomic mass is 15.2. The number of hydrogen-bond donors (Lipinski definition) is 0. The Hall–Kier alpha value is -0.0400. The highest BCUT2D eigenvalue weighted by molar-refractivity contribution is 4.89. The molecule has 1 nitrogen and oxygen atoms in total. The Morgan fingerprint density at radius 3 is 1.03 bits per heavy atom. The summed E-state index contributed by atoms with van der Waals surface area (Å²) >= 11 is 0. The summed E-state index contributed by atoms with van der Waals surface area (Å²) in [5.41, 5.74) is 1.06. The molecule has 1 heteroatoms. The summed E-state index contributed by atoms with van der Waals surface area (Å²) in [6.45, 7) is 15.0. The van der Waals surface area contributed by atoms with Gasteiger partial charge in [-0.2, -0.15) is 0 Å². The topological polar surface area (TPSA) is 3.24 Å². The van der Waals surface area contributed by atoms with E-state index in [2.05, 4.69) is 46.4 Å². The third-order valence-electron chi connectivity index (χ3n) is 12.2. The quantitative estimate of drug-likeness (QED) is 0.305. The second kappa shape index (κ2) is 15.7. The molecule has 0 aromatic carbocycles.